The molecule has 1 aromatic carbocycles. The summed E-state index contributed by atoms with van der Waals surface area (Å²) in [7, 11) is 0. The van der Waals surface area contributed by atoms with E-state index in [9.17, 15) is 4.79 Å². The van der Waals surface area contributed by atoms with Crippen molar-refractivity contribution in [1.29, 1.82) is 0 Å². The van der Waals surface area contributed by atoms with Crippen molar-refractivity contribution in [3.8, 4) is 0 Å². The number of hydrogen-bond donors (Lipinski definition) is 2. The second kappa shape index (κ2) is 6.16. The molecule has 0 aliphatic rings. The molecule has 0 aliphatic heterocycles. The lowest BCUT2D eigenvalue weighted by Gasteiger charge is -2.10. The third kappa shape index (κ3) is 3.21. The predicted molar refractivity (Wildman–Crippen MR) is 91.1 cm³/mol. The number of aromatic nitrogens is 3. The van der Waals surface area contributed by atoms with Crippen LogP contribution in [-0.4, -0.2) is 26.8 Å². The molecule has 0 atom stereocenters. The smallest absolute Gasteiger partial charge is 0.241 e. The maximum atomic E-state index is 12.0. The van der Waals surface area contributed by atoms with Crippen LogP contribution in [0.25, 0.3) is 10.9 Å². The third-order valence-electron chi connectivity index (χ3n) is 3.90. The van der Waals surface area contributed by atoms with Crippen LogP contribution in [0.2, 0.25) is 0 Å². The van der Waals surface area contributed by atoms with Gasteiger partial charge in [0.2, 0.25) is 5.91 Å². The van der Waals surface area contributed by atoms with Crippen molar-refractivity contribution in [1.82, 2.24) is 19.7 Å². The zero-order chi connectivity index (χ0) is 16.4. The molecule has 6 heteroatoms. The van der Waals surface area contributed by atoms with Gasteiger partial charge in [0.1, 0.15) is 12.4 Å². The van der Waals surface area contributed by atoms with Crippen molar-refractivity contribution < 1.29 is 4.79 Å². The van der Waals surface area contributed by atoms with E-state index in [0.29, 0.717) is 12.4 Å². The minimum absolute atomic E-state index is 0.0890. The van der Waals surface area contributed by atoms with Crippen LogP contribution < -0.4 is 11.1 Å². The summed E-state index contributed by atoms with van der Waals surface area (Å²) in [6, 6.07) is 12.2. The van der Waals surface area contributed by atoms with Gasteiger partial charge in [-0.05, 0) is 31.4 Å². The topological polar surface area (TPSA) is 77.9 Å². The van der Waals surface area contributed by atoms with Crippen molar-refractivity contribution in [2.75, 3.05) is 12.3 Å². The van der Waals surface area contributed by atoms with Crippen LogP contribution in [0.1, 0.15) is 11.4 Å². The van der Waals surface area contributed by atoms with E-state index in [1.807, 2.05) is 19.1 Å². The summed E-state index contributed by atoms with van der Waals surface area (Å²) in [6.07, 6.45) is 0. The van der Waals surface area contributed by atoms with Crippen LogP contribution in [0.3, 0.4) is 0 Å². The number of carbonyl (C=O) groups excluding carboxylic acids is 1. The van der Waals surface area contributed by atoms with Crippen molar-refractivity contribution in [3.05, 3.63) is 47.8 Å². The van der Waals surface area contributed by atoms with Gasteiger partial charge in [-0.2, -0.15) is 5.10 Å². The Balaban J connectivity index is 1.59. The Kier molecular flexibility index (Phi) is 4.06. The number of nitrogens with zero attached hydrogens (tertiary/aromatic N) is 3. The largest absolute Gasteiger partial charge is 0.384 e. The molecule has 0 saturated heterocycles. The number of aryl methyl sites for hydroxylation is 2. The summed E-state index contributed by atoms with van der Waals surface area (Å²) in [5.41, 5.74) is 8.98. The summed E-state index contributed by atoms with van der Waals surface area (Å²) in [4.78, 5) is 12.0. The molecular weight excluding hydrogens is 290 g/mol. The fourth-order valence-corrected chi connectivity index (χ4v) is 2.84. The molecular formula is C17H21N5O. The van der Waals surface area contributed by atoms with Crippen LogP contribution in [0, 0.1) is 13.8 Å². The Bertz CT molecular complexity index is 846. The highest BCUT2D eigenvalue weighted by Gasteiger charge is 2.08. The van der Waals surface area contributed by atoms with E-state index in [1.165, 1.54) is 21.3 Å². The second-order valence-corrected chi connectivity index (χ2v) is 5.71. The molecule has 2 heterocycles. The highest BCUT2D eigenvalue weighted by molar-refractivity contribution is 5.81. The van der Waals surface area contributed by atoms with E-state index in [2.05, 4.69) is 40.1 Å². The van der Waals surface area contributed by atoms with E-state index >= 15 is 0 Å². The fourth-order valence-electron chi connectivity index (χ4n) is 2.84. The number of para-hydroxylation sites is 1. The SMILES string of the molecule is Cc1cc(N)n(CC(=O)NCCn2c(C)cc3ccccc32)n1. The maximum absolute atomic E-state index is 12.0. The standard InChI is InChI=1S/C17H21N5O/c1-12-9-16(18)22(20-12)11-17(23)19-7-8-21-13(2)10-14-5-3-4-6-15(14)21/h3-6,9-10H,7-8,11,18H2,1-2H3,(H,19,23). The average Bonchev–Trinajstić information content (AvgIpc) is 2.98. The molecule has 0 saturated carbocycles. The van der Waals surface area contributed by atoms with Gasteiger partial charge in [-0.1, -0.05) is 18.2 Å². The third-order valence-corrected chi connectivity index (χ3v) is 3.90. The number of carbonyl (C=O) groups is 1. The molecule has 0 unspecified atom stereocenters. The van der Waals surface area contributed by atoms with E-state index < -0.39 is 0 Å². The van der Waals surface area contributed by atoms with Gasteiger partial charge in [-0.3, -0.25) is 4.79 Å². The molecule has 0 spiro atoms. The normalized spacial score (nSPS) is 11.0. The molecule has 3 rings (SSSR count). The van der Waals surface area contributed by atoms with Crippen molar-refractivity contribution in [3.63, 3.8) is 0 Å². The summed E-state index contributed by atoms with van der Waals surface area (Å²) in [5, 5.41) is 8.33. The Hall–Kier alpha value is -2.76. The number of fused-ring (bicyclic) bond motifs is 1. The Morgan fingerprint density at radius 1 is 1.26 bits per heavy atom. The highest BCUT2D eigenvalue weighted by Crippen LogP contribution is 2.18. The minimum atomic E-state index is -0.0890. The van der Waals surface area contributed by atoms with Crippen LogP contribution in [0.5, 0.6) is 0 Å². The molecule has 0 fully saturated rings. The quantitative estimate of drug-likeness (QED) is 0.755. The van der Waals surface area contributed by atoms with Gasteiger partial charge in [0.15, 0.2) is 0 Å². The second-order valence-electron chi connectivity index (χ2n) is 5.71. The molecule has 3 N–H and O–H groups in total. The Morgan fingerprint density at radius 2 is 2.04 bits per heavy atom. The highest BCUT2D eigenvalue weighted by atomic mass is 16.2. The summed E-state index contributed by atoms with van der Waals surface area (Å²) in [6.45, 7) is 5.38. The number of nitrogens with two attached hydrogens (primary N) is 1. The number of nitrogen functional groups attached to an aromatic ring is 1. The average molecular weight is 311 g/mol. The monoisotopic (exact) mass is 311 g/mol. The van der Waals surface area contributed by atoms with Gasteiger partial charge < -0.3 is 15.6 Å². The van der Waals surface area contributed by atoms with E-state index in [1.54, 1.807) is 6.07 Å². The lowest BCUT2D eigenvalue weighted by molar-refractivity contribution is -0.121. The fraction of sp³-hybridized carbons (Fsp3) is 0.294. The Labute approximate surface area is 134 Å². The maximum Gasteiger partial charge on any atom is 0.241 e. The van der Waals surface area contributed by atoms with Gasteiger partial charge >= 0.3 is 0 Å². The number of amides is 1. The molecule has 1 amide bonds. The van der Waals surface area contributed by atoms with Gasteiger partial charge in [-0.25, -0.2) is 4.68 Å². The van der Waals surface area contributed by atoms with Crippen LogP contribution in [-0.2, 0) is 17.9 Å². The van der Waals surface area contributed by atoms with Crippen molar-refractivity contribution in [2.45, 2.75) is 26.9 Å². The first-order valence-electron chi connectivity index (χ1n) is 7.66. The number of rotatable bonds is 5. The Morgan fingerprint density at radius 3 is 2.78 bits per heavy atom. The van der Waals surface area contributed by atoms with E-state index in [4.69, 9.17) is 5.73 Å². The zero-order valence-electron chi connectivity index (χ0n) is 13.4. The van der Waals surface area contributed by atoms with E-state index in [0.717, 1.165) is 12.2 Å². The lowest BCUT2D eigenvalue weighted by atomic mass is 10.2. The van der Waals surface area contributed by atoms with Gasteiger partial charge in [0.25, 0.3) is 0 Å². The first kappa shape index (κ1) is 15.1. The molecule has 120 valence electrons. The first-order valence-corrected chi connectivity index (χ1v) is 7.66. The molecule has 2 aromatic heterocycles. The van der Waals surface area contributed by atoms with Gasteiger partial charge in [0.05, 0.1) is 5.69 Å². The molecule has 6 nitrogen and oxygen atoms in total. The summed E-state index contributed by atoms with van der Waals surface area (Å²) < 4.78 is 3.73. The lowest BCUT2D eigenvalue weighted by Crippen LogP contribution is -2.31. The molecule has 0 radical (unpaired) electrons. The molecule has 0 bridgehead atoms. The molecule has 3 aromatic rings. The predicted octanol–water partition coefficient (Wildman–Crippen LogP) is 1.85. The number of nitrogens with one attached hydrogen (secondary N) is 1. The molecule has 23 heavy (non-hydrogen) atoms. The van der Waals surface area contributed by atoms with Gasteiger partial charge in [0, 0.05) is 30.4 Å². The van der Waals surface area contributed by atoms with Crippen LogP contribution in [0.4, 0.5) is 5.82 Å². The van der Waals surface area contributed by atoms with E-state index in [-0.39, 0.29) is 12.5 Å². The first-order chi connectivity index (χ1) is 11.0. The van der Waals surface area contributed by atoms with Crippen molar-refractivity contribution >= 4 is 22.6 Å². The number of anilines is 1. The van der Waals surface area contributed by atoms with Crippen LogP contribution in [0.15, 0.2) is 36.4 Å². The molecule has 0 aliphatic carbocycles. The van der Waals surface area contributed by atoms with Crippen LogP contribution >= 0.6 is 0 Å². The minimum Gasteiger partial charge on any atom is -0.384 e. The number of benzene rings is 1. The van der Waals surface area contributed by atoms with Crippen molar-refractivity contribution in [2.24, 2.45) is 0 Å². The summed E-state index contributed by atoms with van der Waals surface area (Å²) >= 11 is 0. The van der Waals surface area contributed by atoms with Gasteiger partial charge in [-0.15, -0.1) is 0 Å². The summed E-state index contributed by atoms with van der Waals surface area (Å²) in [5.74, 6) is 0.416. The number of hydrogen-bond acceptors (Lipinski definition) is 3. The zero-order valence-corrected chi connectivity index (χ0v) is 13.4.